The second-order valence-corrected chi connectivity index (χ2v) is 12.8. The summed E-state index contributed by atoms with van der Waals surface area (Å²) in [6, 6.07) is 5.12. The molecule has 0 aliphatic heterocycles. The summed E-state index contributed by atoms with van der Waals surface area (Å²) in [6.45, 7) is 1.82. The highest BCUT2D eigenvalue weighted by atomic mass is 127. The van der Waals surface area contributed by atoms with E-state index >= 15 is 0 Å². The molecule has 0 saturated heterocycles. The van der Waals surface area contributed by atoms with Crippen LogP contribution in [-0.4, -0.2) is 37.0 Å². The Bertz CT molecular complexity index is 870. The molecule has 0 aromatic heterocycles. The molecule has 1 aromatic carbocycles. The average molecular weight is 794 g/mol. The van der Waals surface area contributed by atoms with Crippen molar-refractivity contribution in [1.29, 1.82) is 0 Å². The first-order valence-corrected chi connectivity index (χ1v) is 15.1. The lowest BCUT2D eigenvalue weighted by Crippen LogP contribution is -2.37. The predicted octanol–water partition coefficient (Wildman–Crippen LogP) is 6.36. The first-order valence-electron chi connectivity index (χ1n) is 11.4. The van der Waals surface area contributed by atoms with Gasteiger partial charge in [0.25, 0.3) is 0 Å². The first-order chi connectivity index (χ1) is 15.7. The molecular formula is C24H29I3O6. The number of aryl methyl sites for hydroxylation is 1. The van der Waals surface area contributed by atoms with Crippen molar-refractivity contribution >= 4 is 85.7 Å². The van der Waals surface area contributed by atoms with Crippen LogP contribution in [0.25, 0.3) is 0 Å². The van der Waals surface area contributed by atoms with Gasteiger partial charge in [-0.2, -0.15) is 0 Å². The second kappa shape index (κ2) is 12.7. The summed E-state index contributed by atoms with van der Waals surface area (Å²) in [7, 11) is 0. The monoisotopic (exact) mass is 794 g/mol. The number of alkyl halides is 3. The van der Waals surface area contributed by atoms with Crippen molar-refractivity contribution in [3.8, 4) is 5.75 Å². The summed E-state index contributed by atoms with van der Waals surface area (Å²) in [5.41, 5.74) is 1.34. The number of benzene rings is 1. The molecule has 5 atom stereocenters. The van der Waals surface area contributed by atoms with Gasteiger partial charge in [0.2, 0.25) is 0 Å². The lowest BCUT2D eigenvalue weighted by Gasteiger charge is -2.28. The van der Waals surface area contributed by atoms with E-state index in [-0.39, 0.29) is 27.9 Å². The van der Waals surface area contributed by atoms with Crippen LogP contribution in [0.5, 0.6) is 5.75 Å². The van der Waals surface area contributed by atoms with E-state index in [4.69, 9.17) is 9.47 Å². The van der Waals surface area contributed by atoms with Crippen molar-refractivity contribution in [3.05, 3.63) is 29.3 Å². The fourth-order valence-corrected chi connectivity index (χ4v) is 6.84. The number of esters is 2. The largest absolute Gasteiger partial charge is 0.480 e. The minimum atomic E-state index is -0.944. The zero-order valence-electron chi connectivity index (χ0n) is 18.5. The van der Waals surface area contributed by atoms with Crippen LogP contribution in [0.1, 0.15) is 66.4 Å². The number of ether oxygens (including phenoxy) is 2. The van der Waals surface area contributed by atoms with Gasteiger partial charge in [-0.15, -0.1) is 0 Å². The van der Waals surface area contributed by atoms with Crippen LogP contribution in [0.2, 0.25) is 0 Å². The van der Waals surface area contributed by atoms with E-state index in [1.54, 1.807) is 18.2 Å². The third kappa shape index (κ3) is 7.17. The Morgan fingerprint density at radius 1 is 0.939 bits per heavy atom. The molecule has 1 aromatic rings. The molecule has 33 heavy (non-hydrogen) atoms. The third-order valence-corrected chi connectivity index (χ3v) is 10.8. The molecule has 3 rings (SSSR count). The summed E-state index contributed by atoms with van der Waals surface area (Å²) >= 11 is 6.18. The molecule has 2 fully saturated rings. The van der Waals surface area contributed by atoms with Gasteiger partial charge < -0.3 is 14.6 Å². The smallest absolute Gasteiger partial charge is 0.324 e. The summed E-state index contributed by atoms with van der Waals surface area (Å²) in [6.07, 6.45) is 7.97. The number of aliphatic carboxylic acids is 1. The molecule has 9 heteroatoms. The summed E-state index contributed by atoms with van der Waals surface area (Å²) in [5.74, 6) is -0.810. The van der Waals surface area contributed by atoms with Gasteiger partial charge >= 0.3 is 17.9 Å². The highest BCUT2D eigenvalue weighted by Crippen LogP contribution is 2.38. The van der Waals surface area contributed by atoms with Gasteiger partial charge in [-0.05, 0) is 62.1 Å². The van der Waals surface area contributed by atoms with Crippen molar-refractivity contribution < 1.29 is 29.0 Å². The minimum Gasteiger partial charge on any atom is -0.480 e. The molecule has 2 saturated carbocycles. The van der Waals surface area contributed by atoms with Crippen LogP contribution in [0.4, 0.5) is 0 Å². The van der Waals surface area contributed by atoms with E-state index < -0.39 is 13.8 Å². The Balaban J connectivity index is 1.63. The van der Waals surface area contributed by atoms with Crippen molar-refractivity contribution in [2.45, 2.75) is 76.2 Å². The van der Waals surface area contributed by atoms with Crippen LogP contribution in [0.3, 0.4) is 0 Å². The number of carboxylic acids is 1. The third-order valence-electron chi connectivity index (χ3n) is 6.59. The molecule has 2 aliphatic carbocycles. The van der Waals surface area contributed by atoms with Gasteiger partial charge in [0, 0.05) is 5.92 Å². The molecule has 5 unspecified atom stereocenters. The SMILES string of the molecule is Cc1ccc(C(I)C(=O)O)cc1OC(=O)C(I)C1CCCC1OC(=O)C(I)C1CCCCC1. The zero-order chi connectivity index (χ0) is 24.1. The topological polar surface area (TPSA) is 89.9 Å². The Morgan fingerprint density at radius 3 is 2.30 bits per heavy atom. The van der Waals surface area contributed by atoms with Gasteiger partial charge in [0.05, 0.1) is 0 Å². The van der Waals surface area contributed by atoms with Crippen LogP contribution in [0.15, 0.2) is 18.2 Å². The van der Waals surface area contributed by atoms with Gasteiger partial charge in [-0.3, -0.25) is 14.4 Å². The van der Waals surface area contributed by atoms with Crippen molar-refractivity contribution in [1.82, 2.24) is 0 Å². The maximum atomic E-state index is 13.0. The average Bonchev–Trinajstić information content (AvgIpc) is 3.27. The highest BCUT2D eigenvalue weighted by molar-refractivity contribution is 14.1. The number of hydrogen-bond donors (Lipinski definition) is 1. The van der Waals surface area contributed by atoms with Gasteiger partial charge in [-0.25, -0.2) is 0 Å². The van der Waals surface area contributed by atoms with Crippen LogP contribution in [0, 0.1) is 18.8 Å². The van der Waals surface area contributed by atoms with Gasteiger partial charge in [0.1, 0.15) is 23.6 Å². The van der Waals surface area contributed by atoms with Gasteiger partial charge in [-0.1, -0.05) is 99.2 Å². The molecule has 0 heterocycles. The standard InChI is InChI=1S/C24H29I3O6/c1-13-10-11-15(19(25)22(28)29)12-18(13)33-24(31)21(27)16-8-5-9-17(16)32-23(30)20(26)14-6-3-2-4-7-14/h10-12,14,16-17,19-21H,2-9H2,1H3,(H,28,29). The zero-order valence-corrected chi connectivity index (χ0v) is 24.9. The summed E-state index contributed by atoms with van der Waals surface area (Å²) in [4.78, 5) is 37.1. The Hall–Kier alpha value is -0.180. The van der Waals surface area contributed by atoms with E-state index in [2.05, 4.69) is 45.2 Å². The van der Waals surface area contributed by atoms with Gasteiger partial charge in [0.15, 0.2) is 0 Å². The maximum Gasteiger partial charge on any atom is 0.324 e. The van der Waals surface area contributed by atoms with E-state index in [9.17, 15) is 19.5 Å². The lowest BCUT2D eigenvalue weighted by molar-refractivity contribution is -0.152. The van der Waals surface area contributed by atoms with Crippen molar-refractivity contribution in [3.63, 3.8) is 0 Å². The van der Waals surface area contributed by atoms with Crippen molar-refractivity contribution in [2.24, 2.45) is 11.8 Å². The molecule has 6 nitrogen and oxygen atoms in total. The van der Waals surface area contributed by atoms with E-state index in [0.29, 0.717) is 17.2 Å². The quantitative estimate of drug-likeness (QED) is 0.143. The number of halogens is 3. The second-order valence-electron chi connectivity index (χ2n) is 8.92. The molecule has 0 spiro atoms. The maximum absolute atomic E-state index is 13.0. The normalized spacial score (nSPS) is 24.0. The fourth-order valence-electron chi connectivity index (χ4n) is 4.64. The minimum absolute atomic E-state index is 0.0863. The Labute approximate surface area is 235 Å². The van der Waals surface area contributed by atoms with Crippen LogP contribution >= 0.6 is 67.8 Å². The molecule has 182 valence electrons. The number of rotatable bonds is 8. The fraction of sp³-hybridized carbons (Fsp3) is 0.625. The first kappa shape index (κ1) is 27.4. The Kier molecular flexibility index (Phi) is 10.5. The lowest BCUT2D eigenvalue weighted by atomic mass is 9.87. The molecule has 0 amide bonds. The number of carboxylic acid groups (broad SMARTS) is 1. The molecule has 0 radical (unpaired) electrons. The summed E-state index contributed by atoms with van der Waals surface area (Å²) < 4.78 is 10.3. The predicted molar refractivity (Wildman–Crippen MR) is 151 cm³/mol. The molecular weight excluding hydrogens is 765 g/mol. The van der Waals surface area contributed by atoms with Crippen LogP contribution in [-0.2, 0) is 19.1 Å². The van der Waals surface area contributed by atoms with Crippen molar-refractivity contribution in [2.75, 3.05) is 0 Å². The number of carbonyl (C=O) groups is 3. The van der Waals surface area contributed by atoms with E-state index in [0.717, 1.165) is 37.7 Å². The molecule has 0 bridgehead atoms. The highest BCUT2D eigenvalue weighted by Gasteiger charge is 2.41. The Morgan fingerprint density at radius 2 is 1.64 bits per heavy atom. The molecule has 2 aliphatic rings. The number of hydrogen-bond acceptors (Lipinski definition) is 5. The van der Waals surface area contributed by atoms with E-state index in [1.807, 2.05) is 29.5 Å². The molecule has 1 N–H and O–H groups in total. The van der Waals surface area contributed by atoms with Crippen LogP contribution < -0.4 is 4.74 Å². The van der Waals surface area contributed by atoms with E-state index in [1.165, 1.54) is 19.3 Å². The number of carbonyl (C=O) groups excluding carboxylic acids is 2. The summed E-state index contributed by atoms with van der Waals surface area (Å²) in [5, 5.41) is 9.27.